The topological polar surface area (TPSA) is 101 Å². The molecule has 0 bridgehead atoms. The van der Waals surface area contributed by atoms with Crippen LogP contribution in [0.3, 0.4) is 0 Å². The van der Waals surface area contributed by atoms with Crippen LogP contribution >= 0.6 is 22.6 Å². The zero-order chi connectivity index (χ0) is 15.8. The van der Waals surface area contributed by atoms with Gasteiger partial charge in [0.1, 0.15) is 11.8 Å². The molecule has 1 saturated heterocycles. The molecule has 0 radical (unpaired) electrons. The summed E-state index contributed by atoms with van der Waals surface area (Å²) in [5, 5.41) is 20.2. The van der Waals surface area contributed by atoms with Gasteiger partial charge in [-0.15, -0.1) is 0 Å². The van der Waals surface area contributed by atoms with Crippen LogP contribution in [-0.4, -0.2) is 56.5 Å². The number of carbonyl (C=O) groups excluding carboxylic acids is 1. The van der Waals surface area contributed by atoms with Crippen LogP contribution in [0.2, 0.25) is 0 Å². The Morgan fingerprint density at radius 3 is 2.67 bits per heavy atom. The fraction of sp³-hybridized carbons (Fsp3) is 0.615. The highest BCUT2D eigenvalue weighted by Crippen LogP contribution is 2.35. The number of ether oxygens (including phenoxy) is 3. The van der Waals surface area contributed by atoms with Gasteiger partial charge in [-0.2, -0.15) is 0 Å². The van der Waals surface area contributed by atoms with Crippen LogP contribution in [-0.2, 0) is 14.2 Å². The number of hydrogen-bond acceptors (Lipinski definition) is 6. The molecule has 0 unspecified atom stereocenters. The van der Waals surface area contributed by atoms with Crippen molar-refractivity contribution in [2.24, 2.45) is 0 Å². The van der Waals surface area contributed by atoms with Crippen LogP contribution in [0.5, 0.6) is 0 Å². The lowest BCUT2D eigenvalue weighted by Crippen LogP contribution is -2.62. The summed E-state index contributed by atoms with van der Waals surface area (Å²) in [6.07, 6.45) is -3.71. The summed E-state index contributed by atoms with van der Waals surface area (Å²) < 4.78 is 14.0. The maximum absolute atomic E-state index is 12.1. The summed E-state index contributed by atoms with van der Waals surface area (Å²) >= 11 is 1.57. The number of H-pyrrole nitrogens is 1. The standard InChI is InChI=1S/C13H18INO6/c1-6-4-5-8(15-6)12(17)20-10-9(19-3)7(2)21-13(14,18)11(10)16/h4-5,7,9-11,15-16,18H,1-3H3/t7-,9-,10+,11+,13-/m0/s1. The maximum Gasteiger partial charge on any atom is 0.355 e. The van der Waals surface area contributed by atoms with Crippen LogP contribution in [0.4, 0.5) is 0 Å². The van der Waals surface area contributed by atoms with Gasteiger partial charge in [-0.05, 0) is 48.6 Å². The average Bonchev–Trinajstić information content (AvgIpc) is 2.82. The van der Waals surface area contributed by atoms with E-state index in [1.165, 1.54) is 7.11 Å². The van der Waals surface area contributed by atoms with E-state index in [0.29, 0.717) is 0 Å². The Balaban J connectivity index is 2.19. The van der Waals surface area contributed by atoms with Gasteiger partial charge in [-0.1, -0.05) is 0 Å². The number of aryl methyl sites for hydroxylation is 1. The molecule has 0 aliphatic carbocycles. The number of aliphatic hydroxyl groups is 2. The first-order valence-corrected chi connectivity index (χ1v) is 7.50. The Hall–Kier alpha value is -0.680. The summed E-state index contributed by atoms with van der Waals surface area (Å²) in [6, 6.07) is 3.33. The quantitative estimate of drug-likeness (QED) is 0.385. The van der Waals surface area contributed by atoms with E-state index in [1.807, 2.05) is 6.92 Å². The number of hydrogen-bond donors (Lipinski definition) is 3. The monoisotopic (exact) mass is 411 g/mol. The number of aromatic amines is 1. The third-order valence-electron chi connectivity index (χ3n) is 3.38. The van der Waals surface area contributed by atoms with Crippen molar-refractivity contribution in [1.82, 2.24) is 4.98 Å². The first kappa shape index (κ1) is 16.7. The van der Waals surface area contributed by atoms with Crippen molar-refractivity contribution in [2.45, 2.75) is 42.1 Å². The molecule has 2 heterocycles. The number of methoxy groups -OCH3 is 1. The number of esters is 1. The first-order chi connectivity index (χ1) is 9.76. The molecular formula is C13H18INO6. The van der Waals surface area contributed by atoms with E-state index in [1.54, 1.807) is 41.6 Å². The van der Waals surface area contributed by atoms with E-state index in [-0.39, 0.29) is 5.69 Å². The summed E-state index contributed by atoms with van der Waals surface area (Å²) in [5.74, 6) is -0.629. The van der Waals surface area contributed by atoms with Gasteiger partial charge in [0.25, 0.3) is 0 Å². The zero-order valence-electron chi connectivity index (χ0n) is 11.9. The van der Waals surface area contributed by atoms with E-state index in [4.69, 9.17) is 14.2 Å². The summed E-state index contributed by atoms with van der Waals surface area (Å²) in [6.45, 7) is 3.48. The molecule has 2 rings (SSSR count). The Bertz CT molecular complexity index is 515. The number of alkyl halides is 1. The molecule has 5 atom stereocenters. The second kappa shape index (κ2) is 6.21. The average molecular weight is 411 g/mol. The van der Waals surface area contributed by atoms with E-state index in [2.05, 4.69) is 4.98 Å². The summed E-state index contributed by atoms with van der Waals surface area (Å²) in [5.41, 5.74) is 1.09. The molecule has 1 aliphatic rings. The fourth-order valence-corrected chi connectivity index (χ4v) is 3.07. The normalized spacial score (nSPS) is 36.5. The Morgan fingerprint density at radius 1 is 1.48 bits per heavy atom. The molecule has 118 valence electrons. The number of halogens is 1. The summed E-state index contributed by atoms with van der Waals surface area (Å²) in [4.78, 5) is 15.0. The van der Waals surface area contributed by atoms with Gasteiger partial charge < -0.3 is 29.4 Å². The van der Waals surface area contributed by atoms with E-state index < -0.39 is 34.2 Å². The SMILES string of the molecule is CO[C@@H]1[C@@H](OC(=O)c2ccc(C)[nH]2)[C@@H](O)[C@@](O)(I)O[C@H]1C. The number of aliphatic hydroxyl groups excluding tert-OH is 1. The molecule has 8 heteroatoms. The molecular weight excluding hydrogens is 393 g/mol. The molecule has 0 spiro atoms. The predicted molar refractivity (Wildman–Crippen MR) is 81.1 cm³/mol. The third-order valence-corrected chi connectivity index (χ3v) is 4.27. The Morgan fingerprint density at radius 2 is 2.14 bits per heavy atom. The molecule has 1 fully saturated rings. The molecule has 0 saturated carbocycles. The highest BCUT2D eigenvalue weighted by Gasteiger charge is 2.53. The van der Waals surface area contributed by atoms with Crippen LogP contribution in [0.25, 0.3) is 0 Å². The second-order valence-electron chi connectivity index (χ2n) is 5.00. The molecule has 1 aromatic rings. The van der Waals surface area contributed by atoms with Gasteiger partial charge in [0.05, 0.1) is 6.10 Å². The van der Waals surface area contributed by atoms with Crippen LogP contribution in [0.1, 0.15) is 23.1 Å². The van der Waals surface area contributed by atoms with Crippen molar-refractivity contribution in [3.05, 3.63) is 23.5 Å². The lowest BCUT2D eigenvalue weighted by molar-refractivity contribution is -0.290. The van der Waals surface area contributed by atoms with Crippen molar-refractivity contribution < 1.29 is 29.2 Å². The molecule has 1 aromatic heterocycles. The minimum Gasteiger partial charge on any atom is -0.452 e. The van der Waals surface area contributed by atoms with Gasteiger partial charge in [0.2, 0.25) is 3.79 Å². The van der Waals surface area contributed by atoms with Gasteiger partial charge in [0.15, 0.2) is 12.2 Å². The third kappa shape index (κ3) is 3.39. The molecule has 3 N–H and O–H groups in total. The van der Waals surface area contributed by atoms with Crippen LogP contribution in [0, 0.1) is 6.92 Å². The Kier molecular flexibility index (Phi) is 4.93. The zero-order valence-corrected chi connectivity index (χ0v) is 14.0. The number of rotatable bonds is 3. The van der Waals surface area contributed by atoms with Crippen molar-refractivity contribution in [3.8, 4) is 0 Å². The van der Waals surface area contributed by atoms with E-state index in [0.717, 1.165) is 5.69 Å². The molecule has 21 heavy (non-hydrogen) atoms. The van der Waals surface area contributed by atoms with Crippen LogP contribution < -0.4 is 0 Å². The van der Waals surface area contributed by atoms with Gasteiger partial charge in [-0.3, -0.25) is 0 Å². The first-order valence-electron chi connectivity index (χ1n) is 6.43. The van der Waals surface area contributed by atoms with E-state index >= 15 is 0 Å². The lowest BCUT2D eigenvalue weighted by Gasteiger charge is -2.44. The smallest absolute Gasteiger partial charge is 0.355 e. The van der Waals surface area contributed by atoms with Gasteiger partial charge in [-0.25, -0.2) is 4.79 Å². The minimum absolute atomic E-state index is 0.269. The van der Waals surface area contributed by atoms with Crippen molar-refractivity contribution >= 4 is 28.6 Å². The largest absolute Gasteiger partial charge is 0.452 e. The Labute approximate surface area is 135 Å². The van der Waals surface area contributed by atoms with Crippen molar-refractivity contribution in [3.63, 3.8) is 0 Å². The second-order valence-corrected chi connectivity index (χ2v) is 6.55. The fourth-order valence-electron chi connectivity index (χ4n) is 2.31. The highest BCUT2D eigenvalue weighted by atomic mass is 127. The van der Waals surface area contributed by atoms with E-state index in [9.17, 15) is 15.0 Å². The molecule has 0 aromatic carbocycles. The number of nitrogens with one attached hydrogen (secondary N) is 1. The minimum atomic E-state index is -1.84. The predicted octanol–water partition coefficient (Wildman–Crippen LogP) is 0.724. The molecule has 1 aliphatic heterocycles. The van der Waals surface area contributed by atoms with Crippen molar-refractivity contribution in [2.75, 3.05) is 7.11 Å². The maximum atomic E-state index is 12.1. The van der Waals surface area contributed by atoms with Crippen LogP contribution in [0.15, 0.2) is 12.1 Å². The van der Waals surface area contributed by atoms with Gasteiger partial charge in [0, 0.05) is 12.8 Å². The number of carbonyl (C=O) groups is 1. The van der Waals surface area contributed by atoms with Gasteiger partial charge >= 0.3 is 5.97 Å². The molecule has 0 amide bonds. The highest BCUT2D eigenvalue weighted by molar-refractivity contribution is 14.1. The lowest BCUT2D eigenvalue weighted by atomic mass is 9.99. The molecule has 7 nitrogen and oxygen atoms in total. The summed E-state index contributed by atoms with van der Waals surface area (Å²) in [7, 11) is 1.43. The van der Waals surface area contributed by atoms with Crippen molar-refractivity contribution in [1.29, 1.82) is 0 Å². The number of aromatic nitrogens is 1.